The van der Waals surface area contributed by atoms with Crippen molar-refractivity contribution < 1.29 is 13.2 Å². The van der Waals surface area contributed by atoms with Crippen LogP contribution in [0.3, 0.4) is 0 Å². The van der Waals surface area contributed by atoms with Gasteiger partial charge in [0.2, 0.25) is 0 Å². The van der Waals surface area contributed by atoms with E-state index in [9.17, 15) is 13.2 Å². The molecule has 0 aliphatic heterocycles. The number of hydrogen-bond acceptors (Lipinski definition) is 4. The second-order valence-corrected chi connectivity index (χ2v) is 10.1. The zero-order valence-electron chi connectivity index (χ0n) is 14.8. The molecule has 0 aliphatic carbocycles. The second-order valence-electron chi connectivity index (χ2n) is 6.23. The van der Waals surface area contributed by atoms with Gasteiger partial charge in [0.05, 0.1) is 12.3 Å². The summed E-state index contributed by atoms with van der Waals surface area (Å²) in [6, 6.07) is 11.7. The molecule has 3 aromatic rings. The van der Waals surface area contributed by atoms with Gasteiger partial charge >= 0.3 is 0 Å². The lowest BCUT2D eigenvalue weighted by Gasteiger charge is -2.06. The normalized spacial score (nSPS) is 12.3. The van der Waals surface area contributed by atoms with Crippen molar-refractivity contribution in [2.75, 3.05) is 6.26 Å². The van der Waals surface area contributed by atoms with E-state index in [1.165, 1.54) is 17.6 Å². The smallest absolute Gasteiger partial charge is 0.279 e. The van der Waals surface area contributed by atoms with Gasteiger partial charge in [0.1, 0.15) is 0 Å². The van der Waals surface area contributed by atoms with Crippen molar-refractivity contribution in [2.24, 2.45) is 4.99 Å². The molecule has 5 nitrogen and oxygen atoms in total. The van der Waals surface area contributed by atoms with Crippen LogP contribution in [0.1, 0.15) is 21.5 Å². The molecule has 0 saturated carbocycles. The predicted octanol–water partition coefficient (Wildman–Crippen LogP) is 4.19. The molecule has 1 aromatic heterocycles. The number of rotatable bonds is 5. The summed E-state index contributed by atoms with van der Waals surface area (Å²) >= 11 is 13.5. The lowest BCUT2D eigenvalue weighted by molar-refractivity contribution is 0.0998. The van der Waals surface area contributed by atoms with Crippen molar-refractivity contribution in [3.63, 3.8) is 0 Å². The number of hydrogen-bond donors (Lipinski definition) is 0. The first-order valence-corrected chi connectivity index (χ1v) is 11.8. The summed E-state index contributed by atoms with van der Waals surface area (Å²) in [5, 5.41) is 2.94. The molecule has 9 heteroatoms. The Hall–Kier alpha value is -1.93. The van der Waals surface area contributed by atoms with Crippen molar-refractivity contribution in [1.82, 2.24) is 4.57 Å². The first kappa shape index (κ1) is 20.8. The largest absolute Gasteiger partial charge is 0.319 e. The minimum Gasteiger partial charge on any atom is -0.319 e. The summed E-state index contributed by atoms with van der Waals surface area (Å²) in [6.07, 6.45) is 3.00. The van der Waals surface area contributed by atoms with Crippen molar-refractivity contribution in [1.29, 1.82) is 0 Å². The minimum absolute atomic E-state index is 0.0641. The van der Waals surface area contributed by atoms with Gasteiger partial charge in [-0.25, -0.2) is 8.42 Å². The van der Waals surface area contributed by atoms with Crippen LogP contribution < -0.4 is 4.80 Å². The van der Waals surface area contributed by atoms with E-state index in [2.05, 4.69) is 4.99 Å². The Balaban J connectivity index is 1.82. The molecule has 2 aromatic carbocycles. The second kappa shape index (κ2) is 8.61. The highest BCUT2D eigenvalue weighted by Gasteiger charge is 2.09. The zero-order chi connectivity index (χ0) is 20.3. The van der Waals surface area contributed by atoms with E-state index in [0.29, 0.717) is 32.5 Å². The summed E-state index contributed by atoms with van der Waals surface area (Å²) in [5.74, 6) is -0.463. The molecule has 0 saturated heterocycles. The molecule has 0 bridgehead atoms. The van der Waals surface area contributed by atoms with Gasteiger partial charge < -0.3 is 4.57 Å². The number of thiazole rings is 1. The Labute approximate surface area is 176 Å². The van der Waals surface area contributed by atoms with Crippen LogP contribution in [0.15, 0.2) is 59.0 Å². The molecule has 146 valence electrons. The van der Waals surface area contributed by atoms with Crippen molar-refractivity contribution >= 4 is 50.3 Å². The minimum atomic E-state index is -3.12. The quantitative estimate of drug-likeness (QED) is 0.580. The van der Waals surface area contributed by atoms with E-state index in [1.807, 2.05) is 22.2 Å². The number of amides is 1. The first-order valence-electron chi connectivity index (χ1n) is 8.15. The fraction of sp³-hybridized carbons (Fsp3) is 0.158. The van der Waals surface area contributed by atoms with Crippen LogP contribution in [0.2, 0.25) is 10.0 Å². The van der Waals surface area contributed by atoms with Gasteiger partial charge in [-0.1, -0.05) is 41.4 Å². The maximum atomic E-state index is 12.5. The van der Waals surface area contributed by atoms with Crippen LogP contribution in [0.25, 0.3) is 0 Å². The van der Waals surface area contributed by atoms with E-state index in [4.69, 9.17) is 23.2 Å². The number of benzene rings is 2. The van der Waals surface area contributed by atoms with E-state index < -0.39 is 15.7 Å². The third-order valence-electron chi connectivity index (χ3n) is 3.84. The summed E-state index contributed by atoms with van der Waals surface area (Å²) in [4.78, 5) is 17.2. The van der Waals surface area contributed by atoms with E-state index in [0.717, 1.165) is 5.56 Å². The number of nitrogens with zero attached hydrogens (tertiary/aromatic N) is 2. The van der Waals surface area contributed by atoms with Crippen LogP contribution >= 0.6 is 34.5 Å². The van der Waals surface area contributed by atoms with Crippen LogP contribution in [-0.4, -0.2) is 25.1 Å². The van der Waals surface area contributed by atoms with Crippen molar-refractivity contribution in [2.45, 2.75) is 12.3 Å². The Morgan fingerprint density at radius 1 is 1.14 bits per heavy atom. The monoisotopic (exact) mass is 454 g/mol. The molecular formula is C19H16Cl2N2O3S2. The molecule has 0 aliphatic rings. The average Bonchev–Trinajstić information content (AvgIpc) is 3.03. The van der Waals surface area contributed by atoms with Gasteiger partial charge in [-0.15, -0.1) is 11.3 Å². The summed E-state index contributed by atoms with van der Waals surface area (Å²) < 4.78 is 24.5. The fourth-order valence-electron chi connectivity index (χ4n) is 2.54. The predicted molar refractivity (Wildman–Crippen MR) is 113 cm³/mol. The standard InChI is InChI=1S/C19H16Cl2N2O3S2/c1-28(25,26)12-13-2-4-14(5-3-13)18(24)22-19-23(8-9-27-19)11-15-6-7-16(20)10-17(15)21/h2-10H,11-12H2,1H3. The first-order chi connectivity index (χ1) is 13.2. The number of halogens is 2. The highest BCUT2D eigenvalue weighted by Crippen LogP contribution is 2.21. The maximum absolute atomic E-state index is 12.5. The van der Waals surface area contributed by atoms with Crippen LogP contribution in [0.4, 0.5) is 0 Å². The fourth-order valence-corrected chi connectivity index (χ4v) is 4.53. The number of carbonyl (C=O) groups is 1. The number of carbonyl (C=O) groups excluding carboxylic acids is 1. The Kier molecular flexibility index (Phi) is 6.40. The topological polar surface area (TPSA) is 68.5 Å². The van der Waals surface area contributed by atoms with E-state index in [-0.39, 0.29) is 5.75 Å². The van der Waals surface area contributed by atoms with Gasteiger partial charge in [-0.3, -0.25) is 4.79 Å². The van der Waals surface area contributed by atoms with Gasteiger partial charge in [0, 0.05) is 33.4 Å². The summed E-state index contributed by atoms with van der Waals surface area (Å²) in [7, 11) is -3.12. The summed E-state index contributed by atoms with van der Waals surface area (Å²) in [5.41, 5.74) is 1.88. The van der Waals surface area contributed by atoms with Gasteiger partial charge in [0.15, 0.2) is 14.6 Å². The molecule has 1 heterocycles. The lowest BCUT2D eigenvalue weighted by Crippen LogP contribution is -2.17. The van der Waals surface area contributed by atoms with Crippen LogP contribution in [-0.2, 0) is 22.1 Å². The molecular weight excluding hydrogens is 439 g/mol. The van der Waals surface area contributed by atoms with Crippen molar-refractivity contribution in [3.05, 3.63) is 85.6 Å². The molecule has 0 spiro atoms. The molecule has 0 N–H and O–H groups in total. The molecule has 3 rings (SSSR count). The zero-order valence-corrected chi connectivity index (χ0v) is 17.9. The average molecular weight is 455 g/mol. The number of aromatic nitrogens is 1. The summed E-state index contributed by atoms with van der Waals surface area (Å²) in [6.45, 7) is 0.457. The van der Waals surface area contributed by atoms with Gasteiger partial charge in [-0.05, 0) is 35.4 Å². The Bertz CT molecular complexity index is 1180. The molecule has 1 amide bonds. The third kappa shape index (κ3) is 5.54. The van der Waals surface area contributed by atoms with E-state index in [1.54, 1.807) is 36.4 Å². The van der Waals surface area contributed by atoms with Crippen molar-refractivity contribution in [3.8, 4) is 0 Å². The van der Waals surface area contributed by atoms with E-state index >= 15 is 0 Å². The van der Waals surface area contributed by atoms with Crippen LogP contribution in [0.5, 0.6) is 0 Å². The highest BCUT2D eigenvalue weighted by atomic mass is 35.5. The molecule has 0 radical (unpaired) electrons. The number of sulfone groups is 1. The highest BCUT2D eigenvalue weighted by molar-refractivity contribution is 7.89. The molecule has 28 heavy (non-hydrogen) atoms. The van der Waals surface area contributed by atoms with Gasteiger partial charge in [0.25, 0.3) is 5.91 Å². The lowest BCUT2D eigenvalue weighted by atomic mass is 10.1. The maximum Gasteiger partial charge on any atom is 0.279 e. The SMILES string of the molecule is CS(=O)(=O)Cc1ccc(C(=O)N=c2sccn2Cc2ccc(Cl)cc2Cl)cc1. The third-order valence-corrected chi connectivity index (χ3v) is 6.08. The Morgan fingerprint density at radius 3 is 2.50 bits per heavy atom. The Morgan fingerprint density at radius 2 is 1.86 bits per heavy atom. The molecule has 0 unspecified atom stereocenters. The molecule has 0 fully saturated rings. The molecule has 0 atom stereocenters. The van der Waals surface area contributed by atoms with Gasteiger partial charge in [-0.2, -0.15) is 4.99 Å². The van der Waals surface area contributed by atoms with Crippen LogP contribution in [0, 0.1) is 0 Å².